The molecule has 0 unspecified atom stereocenters. The number of benzene rings is 1. The van der Waals surface area contributed by atoms with Gasteiger partial charge in [-0.1, -0.05) is 29.4 Å². The van der Waals surface area contributed by atoms with E-state index in [2.05, 4.69) is 20.0 Å². The van der Waals surface area contributed by atoms with Crippen LogP contribution in [0.3, 0.4) is 0 Å². The van der Waals surface area contributed by atoms with Crippen molar-refractivity contribution in [2.75, 3.05) is 6.54 Å². The molecule has 0 radical (unpaired) electrons. The maximum Gasteiger partial charge on any atom is 0.0954 e. The largest absolute Gasteiger partial charge is 0.345 e. The number of aromatic amines is 1. The predicted molar refractivity (Wildman–Crippen MR) is 63.8 cm³/mol. The van der Waals surface area contributed by atoms with E-state index >= 15 is 0 Å². The van der Waals surface area contributed by atoms with Crippen molar-refractivity contribution in [3.05, 3.63) is 46.6 Å². The van der Waals surface area contributed by atoms with Gasteiger partial charge >= 0.3 is 0 Å². The highest BCUT2D eigenvalue weighted by molar-refractivity contribution is 5.84. The molecule has 2 aromatic rings. The van der Waals surface area contributed by atoms with Gasteiger partial charge in [0, 0.05) is 17.0 Å². The van der Waals surface area contributed by atoms with Crippen molar-refractivity contribution in [2.24, 2.45) is 5.11 Å². The van der Waals surface area contributed by atoms with Gasteiger partial charge in [-0.3, -0.25) is 0 Å². The number of aromatic nitrogens is 2. The molecule has 5 heteroatoms. The first-order valence-corrected chi connectivity index (χ1v) is 5.01. The Bertz CT molecular complexity index is 548. The van der Waals surface area contributed by atoms with Crippen molar-refractivity contribution >= 4 is 17.1 Å². The van der Waals surface area contributed by atoms with Crippen molar-refractivity contribution in [1.82, 2.24) is 9.97 Å². The lowest BCUT2D eigenvalue weighted by atomic mass is 10.1. The first-order chi connectivity index (χ1) is 7.92. The minimum Gasteiger partial charge on any atom is -0.345 e. The molecule has 0 saturated carbocycles. The van der Waals surface area contributed by atoms with Gasteiger partial charge in [0.05, 0.1) is 17.4 Å². The molecule has 0 aliphatic heterocycles. The number of rotatable bonds is 4. The number of fused-ring (bicyclic) bond motifs is 1. The lowest BCUT2D eigenvalue weighted by Crippen LogP contribution is -1.77. The van der Waals surface area contributed by atoms with Crippen molar-refractivity contribution in [2.45, 2.75) is 6.42 Å². The van der Waals surface area contributed by atoms with Gasteiger partial charge in [0.25, 0.3) is 0 Å². The topological polar surface area (TPSA) is 77.4 Å². The monoisotopic (exact) mass is 213 g/mol. The molecule has 1 aromatic carbocycles. The van der Waals surface area contributed by atoms with Crippen LogP contribution in [-0.4, -0.2) is 16.5 Å². The lowest BCUT2D eigenvalue weighted by molar-refractivity contribution is 0.996. The van der Waals surface area contributed by atoms with E-state index in [1.54, 1.807) is 6.33 Å². The summed E-state index contributed by atoms with van der Waals surface area (Å²) in [6.45, 7) is 0.490. The third kappa shape index (κ3) is 2.21. The standard InChI is InChI=1S/C11H11N5/c12-16-15-7-2-1-4-9-5-3-6-10-11(9)14-8-13-10/h1,3-6,8H,2,7H2,(H,13,14). The third-order valence-corrected chi connectivity index (χ3v) is 2.24. The van der Waals surface area contributed by atoms with Crippen LogP contribution in [0.5, 0.6) is 0 Å². The van der Waals surface area contributed by atoms with Gasteiger partial charge < -0.3 is 4.98 Å². The molecular weight excluding hydrogens is 202 g/mol. The maximum absolute atomic E-state index is 8.12. The van der Waals surface area contributed by atoms with E-state index in [-0.39, 0.29) is 0 Å². The third-order valence-electron chi connectivity index (χ3n) is 2.24. The Kier molecular flexibility index (Phi) is 3.21. The Balaban J connectivity index is 2.14. The number of imidazole rings is 1. The van der Waals surface area contributed by atoms with Crippen LogP contribution < -0.4 is 0 Å². The van der Waals surface area contributed by atoms with Gasteiger partial charge in [-0.25, -0.2) is 4.98 Å². The summed E-state index contributed by atoms with van der Waals surface area (Å²) in [5.41, 5.74) is 11.2. The molecule has 0 fully saturated rings. The zero-order valence-corrected chi connectivity index (χ0v) is 8.67. The summed E-state index contributed by atoms with van der Waals surface area (Å²) in [6.07, 6.45) is 6.40. The smallest absolute Gasteiger partial charge is 0.0954 e. The first-order valence-electron chi connectivity index (χ1n) is 5.01. The van der Waals surface area contributed by atoms with Crippen LogP contribution in [0.4, 0.5) is 0 Å². The van der Waals surface area contributed by atoms with E-state index in [0.29, 0.717) is 6.54 Å². The first kappa shape index (κ1) is 10.3. The van der Waals surface area contributed by atoms with Gasteiger partial charge in [0.2, 0.25) is 0 Å². The minimum atomic E-state index is 0.490. The van der Waals surface area contributed by atoms with Crippen LogP contribution >= 0.6 is 0 Å². The fourth-order valence-electron chi connectivity index (χ4n) is 1.51. The average molecular weight is 213 g/mol. The Labute approximate surface area is 92.4 Å². The molecule has 16 heavy (non-hydrogen) atoms. The molecule has 0 aliphatic rings. The van der Waals surface area contributed by atoms with Crippen LogP contribution in [-0.2, 0) is 0 Å². The summed E-state index contributed by atoms with van der Waals surface area (Å²) < 4.78 is 0. The summed E-state index contributed by atoms with van der Waals surface area (Å²) in [7, 11) is 0. The molecule has 0 amide bonds. The van der Waals surface area contributed by atoms with Crippen LogP contribution in [0.2, 0.25) is 0 Å². The summed E-state index contributed by atoms with van der Waals surface area (Å²) in [6, 6.07) is 5.97. The van der Waals surface area contributed by atoms with E-state index in [1.807, 2.05) is 30.4 Å². The molecule has 2 rings (SSSR count). The second-order valence-corrected chi connectivity index (χ2v) is 3.29. The fraction of sp³-hybridized carbons (Fsp3) is 0.182. The van der Waals surface area contributed by atoms with Gasteiger partial charge in [-0.2, -0.15) is 0 Å². The minimum absolute atomic E-state index is 0.490. The van der Waals surface area contributed by atoms with Crippen LogP contribution in [0, 0.1) is 0 Å². The van der Waals surface area contributed by atoms with Crippen molar-refractivity contribution < 1.29 is 0 Å². The number of H-pyrrole nitrogens is 1. The van der Waals surface area contributed by atoms with Gasteiger partial charge in [-0.05, 0) is 18.0 Å². The highest BCUT2D eigenvalue weighted by Crippen LogP contribution is 2.15. The number of hydrogen-bond donors (Lipinski definition) is 1. The van der Waals surface area contributed by atoms with Crippen LogP contribution in [0.15, 0.2) is 35.7 Å². The highest BCUT2D eigenvalue weighted by atomic mass is 15.1. The van der Waals surface area contributed by atoms with Crippen LogP contribution in [0.1, 0.15) is 12.0 Å². The van der Waals surface area contributed by atoms with E-state index in [0.717, 1.165) is 23.0 Å². The quantitative estimate of drug-likeness (QED) is 0.359. The molecule has 0 atom stereocenters. The van der Waals surface area contributed by atoms with Crippen LogP contribution in [0.25, 0.3) is 27.6 Å². The lowest BCUT2D eigenvalue weighted by Gasteiger charge is -1.94. The molecule has 1 heterocycles. The average Bonchev–Trinajstić information content (AvgIpc) is 2.77. The number of para-hydroxylation sites is 1. The van der Waals surface area contributed by atoms with Crippen molar-refractivity contribution in [3.63, 3.8) is 0 Å². The highest BCUT2D eigenvalue weighted by Gasteiger charge is 1.98. The summed E-state index contributed by atoms with van der Waals surface area (Å²) >= 11 is 0. The van der Waals surface area contributed by atoms with Gasteiger partial charge in [-0.15, -0.1) is 0 Å². The molecular formula is C11H11N5. The van der Waals surface area contributed by atoms with E-state index in [4.69, 9.17) is 5.53 Å². The summed E-state index contributed by atoms with van der Waals surface area (Å²) in [5.74, 6) is 0. The zero-order valence-electron chi connectivity index (χ0n) is 8.67. The SMILES string of the molecule is [N-]=[N+]=NCCC=Cc1cccc2[nH]cnc12. The van der Waals surface area contributed by atoms with E-state index in [9.17, 15) is 0 Å². The molecule has 0 saturated heterocycles. The van der Waals surface area contributed by atoms with Gasteiger partial charge in [0.1, 0.15) is 0 Å². The second kappa shape index (κ2) is 5.00. The normalized spacial score (nSPS) is 10.8. The Hall–Kier alpha value is -2.26. The Morgan fingerprint density at radius 3 is 3.31 bits per heavy atom. The molecule has 1 aromatic heterocycles. The van der Waals surface area contributed by atoms with Gasteiger partial charge in [0.15, 0.2) is 0 Å². The maximum atomic E-state index is 8.12. The summed E-state index contributed by atoms with van der Waals surface area (Å²) in [5, 5.41) is 3.46. The molecule has 0 bridgehead atoms. The summed E-state index contributed by atoms with van der Waals surface area (Å²) in [4.78, 5) is 10.00. The molecule has 5 nitrogen and oxygen atoms in total. The van der Waals surface area contributed by atoms with E-state index in [1.165, 1.54) is 0 Å². The van der Waals surface area contributed by atoms with E-state index < -0.39 is 0 Å². The number of azide groups is 1. The zero-order chi connectivity index (χ0) is 11.2. The molecule has 80 valence electrons. The fourth-order valence-corrected chi connectivity index (χ4v) is 1.51. The molecule has 0 aliphatic carbocycles. The molecule has 1 N–H and O–H groups in total. The Morgan fingerprint density at radius 2 is 2.44 bits per heavy atom. The number of nitrogens with one attached hydrogen (secondary N) is 1. The van der Waals surface area contributed by atoms with Crippen molar-refractivity contribution in [1.29, 1.82) is 0 Å². The number of hydrogen-bond acceptors (Lipinski definition) is 2. The Morgan fingerprint density at radius 1 is 1.50 bits per heavy atom. The second-order valence-electron chi connectivity index (χ2n) is 3.29. The number of nitrogens with zero attached hydrogens (tertiary/aromatic N) is 4. The molecule has 0 spiro atoms. The predicted octanol–water partition coefficient (Wildman–Crippen LogP) is 3.28. The van der Waals surface area contributed by atoms with Crippen molar-refractivity contribution in [3.8, 4) is 0 Å².